The van der Waals surface area contributed by atoms with Gasteiger partial charge in [0.15, 0.2) is 5.76 Å². The number of hydrogen-bond acceptors (Lipinski definition) is 5. The van der Waals surface area contributed by atoms with E-state index in [1.165, 1.54) is 0 Å². The zero-order valence-corrected chi connectivity index (χ0v) is 13.3. The van der Waals surface area contributed by atoms with Crippen molar-refractivity contribution in [2.24, 2.45) is 0 Å². The van der Waals surface area contributed by atoms with E-state index < -0.39 is 10.0 Å². The molecule has 6 nitrogen and oxygen atoms in total. The molecule has 2 heterocycles. The molecule has 0 bridgehead atoms. The Balaban J connectivity index is 2.41. The number of nitrogens with zero attached hydrogens (tertiary/aromatic N) is 2. The van der Waals surface area contributed by atoms with Crippen LogP contribution < -0.4 is 5.32 Å². The lowest BCUT2D eigenvalue weighted by molar-refractivity contribution is 0.213. The summed E-state index contributed by atoms with van der Waals surface area (Å²) in [5.74, 6) is 0.365. The average Bonchev–Trinajstić information content (AvgIpc) is 2.77. The molecule has 2 rings (SSSR count). The van der Waals surface area contributed by atoms with Crippen molar-refractivity contribution in [3.8, 4) is 0 Å². The van der Waals surface area contributed by atoms with Crippen LogP contribution in [0.1, 0.15) is 37.6 Å². The highest BCUT2D eigenvalue weighted by Gasteiger charge is 2.38. The van der Waals surface area contributed by atoms with Crippen LogP contribution in [0.2, 0.25) is 0 Å². The Labute approximate surface area is 120 Å². The van der Waals surface area contributed by atoms with E-state index in [2.05, 4.69) is 10.5 Å². The standard InChI is InChI=1S/C13H23N3O3S/c1-9(14-4)12-7-5-6-8-16(12)20(17,18)13-10(2)15-19-11(13)3/h9,12,14H,5-8H2,1-4H3. The molecule has 0 amide bonds. The molecule has 0 radical (unpaired) electrons. The first-order valence-electron chi connectivity index (χ1n) is 7.01. The second-order valence-electron chi connectivity index (χ2n) is 5.41. The van der Waals surface area contributed by atoms with Crippen LogP contribution >= 0.6 is 0 Å². The summed E-state index contributed by atoms with van der Waals surface area (Å²) >= 11 is 0. The molecule has 0 aliphatic carbocycles. The third-order valence-corrected chi connectivity index (χ3v) is 6.23. The van der Waals surface area contributed by atoms with Gasteiger partial charge in [-0.05, 0) is 40.7 Å². The minimum absolute atomic E-state index is 0.0209. The van der Waals surface area contributed by atoms with Gasteiger partial charge in [-0.2, -0.15) is 4.31 Å². The second kappa shape index (κ2) is 5.83. The maximum absolute atomic E-state index is 12.9. The molecule has 1 aliphatic heterocycles. The van der Waals surface area contributed by atoms with Crippen LogP contribution in [0.3, 0.4) is 0 Å². The SMILES string of the molecule is CNC(C)C1CCCCN1S(=O)(=O)c1c(C)noc1C. The van der Waals surface area contributed by atoms with Crippen molar-refractivity contribution in [3.05, 3.63) is 11.5 Å². The molecule has 20 heavy (non-hydrogen) atoms. The van der Waals surface area contributed by atoms with Gasteiger partial charge < -0.3 is 9.84 Å². The number of aryl methyl sites for hydroxylation is 2. The predicted octanol–water partition coefficient (Wildman–Crippen LogP) is 1.44. The molecule has 0 saturated carbocycles. The van der Waals surface area contributed by atoms with Crippen molar-refractivity contribution >= 4 is 10.0 Å². The third kappa shape index (κ3) is 2.62. The third-order valence-electron chi connectivity index (χ3n) is 4.07. The first kappa shape index (κ1) is 15.5. The van der Waals surface area contributed by atoms with E-state index in [9.17, 15) is 8.42 Å². The summed E-state index contributed by atoms with van der Waals surface area (Å²) in [7, 11) is -1.69. The number of likely N-dealkylation sites (N-methyl/N-ethyl adjacent to an activating group) is 1. The van der Waals surface area contributed by atoms with Gasteiger partial charge in [-0.1, -0.05) is 11.6 Å². The number of aromatic nitrogens is 1. The first-order chi connectivity index (χ1) is 9.39. The predicted molar refractivity (Wildman–Crippen MR) is 76.0 cm³/mol. The lowest BCUT2D eigenvalue weighted by Crippen LogP contribution is -2.52. The Hall–Kier alpha value is -0.920. The van der Waals surface area contributed by atoms with Crippen molar-refractivity contribution < 1.29 is 12.9 Å². The normalized spacial score (nSPS) is 22.9. The highest BCUT2D eigenvalue weighted by molar-refractivity contribution is 7.89. The molecule has 0 spiro atoms. The van der Waals surface area contributed by atoms with Crippen molar-refractivity contribution in [1.29, 1.82) is 0 Å². The molecule has 2 unspecified atom stereocenters. The minimum atomic E-state index is -3.55. The lowest BCUT2D eigenvalue weighted by Gasteiger charge is -2.37. The van der Waals surface area contributed by atoms with E-state index in [1.807, 2.05) is 14.0 Å². The lowest BCUT2D eigenvalue weighted by atomic mass is 9.99. The number of nitrogens with one attached hydrogen (secondary N) is 1. The number of piperidine rings is 1. The number of sulfonamides is 1. The van der Waals surface area contributed by atoms with Gasteiger partial charge in [0.05, 0.1) is 0 Å². The Kier molecular flexibility index (Phi) is 4.51. The monoisotopic (exact) mass is 301 g/mol. The largest absolute Gasteiger partial charge is 0.360 e. The van der Waals surface area contributed by atoms with Crippen molar-refractivity contribution in [2.45, 2.75) is 57.0 Å². The summed E-state index contributed by atoms with van der Waals surface area (Å²) in [6, 6.07) is 0.0954. The van der Waals surface area contributed by atoms with Gasteiger partial charge >= 0.3 is 0 Å². The van der Waals surface area contributed by atoms with E-state index in [0.29, 0.717) is 18.0 Å². The average molecular weight is 301 g/mol. The van der Waals surface area contributed by atoms with E-state index >= 15 is 0 Å². The molecule has 1 aliphatic rings. The minimum Gasteiger partial charge on any atom is -0.360 e. The quantitative estimate of drug-likeness (QED) is 0.911. The van der Waals surface area contributed by atoms with Gasteiger partial charge in [-0.3, -0.25) is 0 Å². The fraction of sp³-hybridized carbons (Fsp3) is 0.769. The van der Waals surface area contributed by atoms with Crippen LogP contribution in [0.5, 0.6) is 0 Å². The van der Waals surface area contributed by atoms with Gasteiger partial charge in [-0.25, -0.2) is 8.42 Å². The molecule has 114 valence electrons. The van der Waals surface area contributed by atoms with Crippen LogP contribution in [-0.2, 0) is 10.0 Å². The van der Waals surface area contributed by atoms with Crippen LogP contribution in [0.4, 0.5) is 0 Å². The summed E-state index contributed by atoms with van der Waals surface area (Å²) < 4.78 is 32.5. The van der Waals surface area contributed by atoms with Gasteiger partial charge in [0.2, 0.25) is 10.0 Å². The van der Waals surface area contributed by atoms with Crippen LogP contribution in [0.15, 0.2) is 9.42 Å². The summed E-state index contributed by atoms with van der Waals surface area (Å²) in [5.41, 5.74) is 0.434. The molecular weight excluding hydrogens is 278 g/mol. The molecular formula is C13H23N3O3S. The fourth-order valence-corrected chi connectivity index (χ4v) is 4.94. The summed E-state index contributed by atoms with van der Waals surface area (Å²) in [6.45, 7) is 5.89. The molecule has 1 aromatic heterocycles. The Bertz CT molecular complexity index is 548. The maximum Gasteiger partial charge on any atom is 0.248 e. The van der Waals surface area contributed by atoms with Gasteiger partial charge in [0.1, 0.15) is 10.6 Å². The summed E-state index contributed by atoms with van der Waals surface area (Å²) in [5, 5.41) is 6.94. The number of hydrogen-bond donors (Lipinski definition) is 1. The van der Waals surface area contributed by atoms with E-state index in [-0.39, 0.29) is 17.0 Å². The highest BCUT2D eigenvalue weighted by Crippen LogP contribution is 2.30. The first-order valence-corrected chi connectivity index (χ1v) is 8.45. The van der Waals surface area contributed by atoms with E-state index in [0.717, 1.165) is 19.3 Å². The van der Waals surface area contributed by atoms with Crippen LogP contribution in [-0.4, -0.2) is 43.6 Å². The van der Waals surface area contributed by atoms with Gasteiger partial charge in [0, 0.05) is 18.6 Å². The van der Waals surface area contributed by atoms with Gasteiger partial charge in [0.25, 0.3) is 0 Å². The number of rotatable bonds is 4. The zero-order valence-electron chi connectivity index (χ0n) is 12.5. The molecule has 1 aromatic rings. The Morgan fingerprint density at radius 3 is 2.65 bits per heavy atom. The second-order valence-corrected chi connectivity index (χ2v) is 7.24. The molecule has 0 aromatic carbocycles. The van der Waals surface area contributed by atoms with E-state index in [4.69, 9.17) is 4.52 Å². The summed E-state index contributed by atoms with van der Waals surface area (Å²) in [4.78, 5) is 0.229. The van der Waals surface area contributed by atoms with Crippen LogP contribution in [0.25, 0.3) is 0 Å². The molecule has 7 heteroatoms. The highest BCUT2D eigenvalue weighted by atomic mass is 32.2. The zero-order chi connectivity index (χ0) is 14.9. The topological polar surface area (TPSA) is 75.4 Å². The Morgan fingerprint density at radius 2 is 2.10 bits per heavy atom. The summed E-state index contributed by atoms with van der Waals surface area (Å²) in [6.07, 6.45) is 2.84. The fourth-order valence-electron chi connectivity index (χ4n) is 2.88. The smallest absolute Gasteiger partial charge is 0.248 e. The molecule has 1 saturated heterocycles. The van der Waals surface area contributed by atoms with Crippen molar-refractivity contribution in [3.63, 3.8) is 0 Å². The van der Waals surface area contributed by atoms with Crippen molar-refractivity contribution in [1.82, 2.24) is 14.8 Å². The molecule has 2 atom stereocenters. The van der Waals surface area contributed by atoms with Gasteiger partial charge in [-0.15, -0.1) is 0 Å². The molecule has 1 N–H and O–H groups in total. The maximum atomic E-state index is 12.9. The molecule has 1 fully saturated rings. The Morgan fingerprint density at radius 1 is 1.40 bits per heavy atom. The van der Waals surface area contributed by atoms with Crippen molar-refractivity contribution in [2.75, 3.05) is 13.6 Å². The van der Waals surface area contributed by atoms with Crippen LogP contribution in [0, 0.1) is 13.8 Å². The van der Waals surface area contributed by atoms with E-state index in [1.54, 1.807) is 18.2 Å².